The van der Waals surface area contributed by atoms with E-state index in [1.165, 1.54) is 13.0 Å². The fourth-order valence-corrected chi connectivity index (χ4v) is 3.29. The number of carbonyl (C=O) groups is 1. The summed E-state index contributed by atoms with van der Waals surface area (Å²) in [5.74, 6) is -0.653. The van der Waals surface area contributed by atoms with Crippen LogP contribution in [0.2, 0.25) is 0 Å². The molecule has 8 nitrogen and oxygen atoms in total. The van der Waals surface area contributed by atoms with Crippen molar-refractivity contribution in [1.82, 2.24) is 0 Å². The zero-order chi connectivity index (χ0) is 23.8. The van der Waals surface area contributed by atoms with Crippen molar-refractivity contribution < 1.29 is 39.4 Å². The first kappa shape index (κ1) is 27.5. The van der Waals surface area contributed by atoms with Crippen LogP contribution >= 0.6 is 0 Å². The molecule has 7 atom stereocenters. The molecule has 1 aliphatic heterocycles. The Balaban J connectivity index is 2.97. The van der Waals surface area contributed by atoms with Gasteiger partial charge in [-0.2, -0.15) is 0 Å². The Morgan fingerprint density at radius 2 is 1.87 bits per heavy atom. The van der Waals surface area contributed by atoms with Gasteiger partial charge in [0.05, 0.1) is 18.3 Å². The molecule has 0 saturated carbocycles. The molecule has 31 heavy (non-hydrogen) atoms. The van der Waals surface area contributed by atoms with Crippen LogP contribution in [-0.4, -0.2) is 75.4 Å². The minimum absolute atomic E-state index is 0.467. The van der Waals surface area contributed by atoms with E-state index in [0.717, 1.165) is 11.1 Å². The van der Waals surface area contributed by atoms with Gasteiger partial charge in [-0.05, 0) is 47.0 Å². The number of hydrogen-bond acceptors (Lipinski definition) is 8. The minimum Gasteiger partial charge on any atom is -0.454 e. The van der Waals surface area contributed by atoms with E-state index in [9.17, 15) is 25.2 Å². The molecule has 4 N–H and O–H groups in total. The van der Waals surface area contributed by atoms with E-state index in [0.29, 0.717) is 19.3 Å². The van der Waals surface area contributed by atoms with Gasteiger partial charge in [-0.25, -0.2) is 0 Å². The molecule has 0 radical (unpaired) electrons. The Morgan fingerprint density at radius 1 is 1.23 bits per heavy atom. The van der Waals surface area contributed by atoms with E-state index in [2.05, 4.69) is 6.58 Å². The smallest absolute Gasteiger partial charge is 0.303 e. The second kappa shape index (κ2) is 12.5. The molecule has 0 spiro atoms. The number of ether oxygens (including phenoxy) is 3. The molecule has 7 unspecified atom stereocenters. The SMILES string of the molecule is C=CC(C)(O)CCC=C(C)CC(C=C(C)C)OC1OC(CO)C(O)C(O)C1OC(C)=O. The van der Waals surface area contributed by atoms with Crippen LogP contribution < -0.4 is 0 Å². The molecule has 1 rings (SSSR count). The van der Waals surface area contributed by atoms with Crippen molar-refractivity contribution >= 4 is 5.97 Å². The van der Waals surface area contributed by atoms with Crippen LogP contribution in [0.4, 0.5) is 0 Å². The second-order valence-corrected chi connectivity index (χ2v) is 8.55. The van der Waals surface area contributed by atoms with Crippen molar-refractivity contribution in [3.8, 4) is 0 Å². The third kappa shape index (κ3) is 9.22. The maximum Gasteiger partial charge on any atom is 0.303 e. The minimum atomic E-state index is -1.47. The maximum atomic E-state index is 11.5. The number of aliphatic hydroxyl groups is 4. The summed E-state index contributed by atoms with van der Waals surface area (Å²) in [6.45, 7) is 11.8. The standard InChI is InChI=1S/C23H38O8/c1-7-23(6,28)10-8-9-15(4)12-17(11-14(2)3)30-22-21(29-16(5)25)20(27)19(26)18(13-24)31-22/h7,9,11,17-22,24,26-28H,1,8,10,12-13H2,2-6H3. The quantitative estimate of drug-likeness (QED) is 0.282. The van der Waals surface area contributed by atoms with Crippen molar-refractivity contribution in [1.29, 1.82) is 0 Å². The molecule has 0 amide bonds. The van der Waals surface area contributed by atoms with Gasteiger partial charge >= 0.3 is 5.97 Å². The Kier molecular flexibility index (Phi) is 11.1. The fraction of sp³-hybridized carbons (Fsp3) is 0.696. The zero-order valence-corrected chi connectivity index (χ0v) is 19.2. The molecular weight excluding hydrogens is 404 g/mol. The van der Waals surface area contributed by atoms with Crippen molar-refractivity contribution in [2.75, 3.05) is 6.61 Å². The summed E-state index contributed by atoms with van der Waals surface area (Å²) >= 11 is 0. The van der Waals surface area contributed by atoms with Gasteiger partial charge in [0.1, 0.15) is 18.3 Å². The molecule has 8 heteroatoms. The van der Waals surface area contributed by atoms with Crippen molar-refractivity contribution in [2.45, 2.75) is 96.3 Å². The molecule has 0 aromatic carbocycles. The molecule has 1 saturated heterocycles. The molecule has 0 aliphatic carbocycles. The van der Waals surface area contributed by atoms with Crippen LogP contribution in [0, 0.1) is 0 Å². The number of rotatable bonds is 11. The lowest BCUT2D eigenvalue weighted by atomic mass is 9.98. The average Bonchev–Trinajstić information content (AvgIpc) is 2.66. The van der Waals surface area contributed by atoms with Gasteiger partial charge < -0.3 is 34.6 Å². The van der Waals surface area contributed by atoms with Gasteiger partial charge in [0.2, 0.25) is 0 Å². The first-order valence-electron chi connectivity index (χ1n) is 10.5. The van der Waals surface area contributed by atoms with Crippen LogP contribution in [0.3, 0.4) is 0 Å². The highest BCUT2D eigenvalue weighted by molar-refractivity contribution is 5.66. The second-order valence-electron chi connectivity index (χ2n) is 8.55. The van der Waals surface area contributed by atoms with Gasteiger partial charge in [0.25, 0.3) is 0 Å². The first-order chi connectivity index (χ1) is 14.4. The number of esters is 1. The number of aliphatic hydroxyl groups excluding tert-OH is 3. The molecule has 0 aromatic heterocycles. The maximum absolute atomic E-state index is 11.5. The van der Waals surface area contributed by atoms with E-state index in [-0.39, 0.29) is 0 Å². The van der Waals surface area contributed by atoms with Gasteiger partial charge in [-0.3, -0.25) is 4.79 Å². The lowest BCUT2D eigenvalue weighted by Gasteiger charge is -2.42. The summed E-state index contributed by atoms with van der Waals surface area (Å²) in [5.41, 5.74) is 1.07. The highest BCUT2D eigenvalue weighted by Crippen LogP contribution is 2.27. The van der Waals surface area contributed by atoms with Gasteiger partial charge in [-0.15, -0.1) is 6.58 Å². The zero-order valence-electron chi connectivity index (χ0n) is 19.2. The molecule has 0 bridgehead atoms. The molecule has 178 valence electrons. The van der Waals surface area contributed by atoms with Crippen LogP contribution in [0.1, 0.15) is 53.9 Å². The first-order valence-corrected chi connectivity index (χ1v) is 10.5. The number of allylic oxidation sites excluding steroid dienone is 2. The third-order valence-corrected chi connectivity index (χ3v) is 5.06. The summed E-state index contributed by atoms with van der Waals surface area (Å²) in [5, 5.41) is 40.0. The molecular formula is C23H38O8. The molecule has 1 heterocycles. The summed E-state index contributed by atoms with van der Waals surface area (Å²) in [4.78, 5) is 11.5. The van der Waals surface area contributed by atoms with Crippen molar-refractivity contribution in [2.24, 2.45) is 0 Å². The largest absolute Gasteiger partial charge is 0.454 e. The average molecular weight is 443 g/mol. The topological polar surface area (TPSA) is 126 Å². The predicted molar refractivity (Wildman–Crippen MR) is 116 cm³/mol. The predicted octanol–water partition coefficient (Wildman–Crippen LogP) is 1.76. The Bertz CT molecular complexity index is 650. The van der Waals surface area contributed by atoms with E-state index in [1.54, 1.807) is 6.92 Å². The Hall–Kier alpha value is -1.55. The summed E-state index contributed by atoms with van der Waals surface area (Å²) < 4.78 is 16.8. The summed E-state index contributed by atoms with van der Waals surface area (Å²) in [6.07, 6.45) is 0.247. The molecule has 0 aromatic rings. The fourth-order valence-electron chi connectivity index (χ4n) is 3.29. The highest BCUT2D eigenvalue weighted by Gasteiger charge is 2.47. The Labute approximate surface area is 184 Å². The Morgan fingerprint density at radius 3 is 2.39 bits per heavy atom. The number of hydrogen-bond donors (Lipinski definition) is 4. The van der Waals surface area contributed by atoms with E-state index in [1.807, 2.05) is 32.9 Å². The highest BCUT2D eigenvalue weighted by atomic mass is 16.7. The van der Waals surface area contributed by atoms with Gasteiger partial charge in [0.15, 0.2) is 12.4 Å². The molecule has 1 aliphatic rings. The number of carbonyl (C=O) groups excluding carboxylic acids is 1. The van der Waals surface area contributed by atoms with Gasteiger partial charge in [0, 0.05) is 6.92 Å². The van der Waals surface area contributed by atoms with Crippen molar-refractivity contribution in [3.63, 3.8) is 0 Å². The lowest BCUT2D eigenvalue weighted by molar-refractivity contribution is -0.310. The normalized spacial score (nSPS) is 29.6. The summed E-state index contributed by atoms with van der Waals surface area (Å²) in [7, 11) is 0. The van der Waals surface area contributed by atoms with E-state index >= 15 is 0 Å². The van der Waals surface area contributed by atoms with Gasteiger partial charge in [-0.1, -0.05) is 29.4 Å². The van der Waals surface area contributed by atoms with Crippen LogP contribution in [0.15, 0.2) is 36.0 Å². The van der Waals surface area contributed by atoms with Crippen LogP contribution in [0.25, 0.3) is 0 Å². The summed E-state index contributed by atoms with van der Waals surface area (Å²) in [6, 6.07) is 0. The van der Waals surface area contributed by atoms with Crippen LogP contribution in [0.5, 0.6) is 0 Å². The lowest BCUT2D eigenvalue weighted by Crippen LogP contribution is -2.60. The van der Waals surface area contributed by atoms with Crippen LogP contribution in [-0.2, 0) is 19.0 Å². The van der Waals surface area contributed by atoms with E-state index in [4.69, 9.17) is 14.2 Å². The van der Waals surface area contributed by atoms with Crippen molar-refractivity contribution in [3.05, 3.63) is 36.0 Å². The third-order valence-electron chi connectivity index (χ3n) is 5.06. The molecule has 1 fully saturated rings. The van der Waals surface area contributed by atoms with E-state index < -0.39 is 55.0 Å². The monoisotopic (exact) mass is 442 g/mol.